The van der Waals surface area contributed by atoms with E-state index < -0.39 is 0 Å². The molecule has 2 nitrogen and oxygen atoms in total. The maximum atomic E-state index is 13.8. The summed E-state index contributed by atoms with van der Waals surface area (Å²) in [7, 11) is 0. The second-order valence-corrected chi connectivity index (χ2v) is 6.06. The minimum absolute atomic E-state index is 0.0544. The number of hydrogen-bond acceptors (Lipinski definition) is 2. The van der Waals surface area contributed by atoms with Crippen LogP contribution in [-0.4, -0.2) is 13.1 Å². The van der Waals surface area contributed by atoms with E-state index in [1.54, 1.807) is 6.07 Å². The fourth-order valence-electron chi connectivity index (χ4n) is 3.12. The molecular formula is C16H23FN2. The van der Waals surface area contributed by atoms with Crippen LogP contribution in [0.4, 0.5) is 4.39 Å². The first kappa shape index (κ1) is 13.1. The highest BCUT2D eigenvalue weighted by Crippen LogP contribution is 2.48. The van der Waals surface area contributed by atoms with Crippen molar-refractivity contribution in [3.05, 3.63) is 35.6 Å². The van der Waals surface area contributed by atoms with Gasteiger partial charge in [-0.25, -0.2) is 4.39 Å². The molecule has 0 amide bonds. The predicted octanol–water partition coefficient (Wildman–Crippen LogP) is 2.85. The van der Waals surface area contributed by atoms with E-state index in [-0.39, 0.29) is 11.9 Å². The van der Waals surface area contributed by atoms with E-state index in [1.807, 2.05) is 12.1 Å². The molecule has 3 N–H and O–H groups in total. The van der Waals surface area contributed by atoms with Gasteiger partial charge in [0.05, 0.1) is 0 Å². The van der Waals surface area contributed by atoms with Crippen molar-refractivity contribution in [2.24, 2.45) is 23.5 Å². The van der Waals surface area contributed by atoms with Gasteiger partial charge in [0.2, 0.25) is 0 Å². The summed E-state index contributed by atoms with van der Waals surface area (Å²) in [6, 6.07) is 6.90. The van der Waals surface area contributed by atoms with Crippen molar-refractivity contribution in [2.75, 3.05) is 13.1 Å². The van der Waals surface area contributed by atoms with Crippen LogP contribution >= 0.6 is 0 Å². The first-order chi connectivity index (χ1) is 9.29. The topological polar surface area (TPSA) is 38.0 Å². The molecule has 2 aliphatic carbocycles. The number of benzene rings is 1. The Morgan fingerprint density at radius 2 is 1.79 bits per heavy atom. The molecule has 2 saturated carbocycles. The van der Waals surface area contributed by atoms with Gasteiger partial charge in [-0.3, -0.25) is 0 Å². The molecule has 1 aromatic rings. The van der Waals surface area contributed by atoms with Gasteiger partial charge < -0.3 is 11.1 Å². The summed E-state index contributed by atoms with van der Waals surface area (Å²) in [5.74, 6) is 2.47. The van der Waals surface area contributed by atoms with Gasteiger partial charge in [-0.05, 0) is 56.0 Å². The number of rotatable bonds is 7. The molecule has 0 aromatic heterocycles. The molecule has 0 spiro atoms. The van der Waals surface area contributed by atoms with Crippen LogP contribution in [0.25, 0.3) is 0 Å². The minimum Gasteiger partial charge on any atom is -0.329 e. The molecule has 1 unspecified atom stereocenters. The number of halogens is 1. The van der Waals surface area contributed by atoms with E-state index in [0.717, 1.165) is 24.3 Å². The molecule has 19 heavy (non-hydrogen) atoms. The highest BCUT2D eigenvalue weighted by Gasteiger charge is 2.41. The number of hydrogen-bond donors (Lipinski definition) is 2. The summed E-state index contributed by atoms with van der Waals surface area (Å²) >= 11 is 0. The molecule has 0 radical (unpaired) electrons. The van der Waals surface area contributed by atoms with Gasteiger partial charge in [0.15, 0.2) is 0 Å². The van der Waals surface area contributed by atoms with Crippen LogP contribution < -0.4 is 11.1 Å². The molecule has 0 bridgehead atoms. The fourth-order valence-corrected chi connectivity index (χ4v) is 3.12. The second kappa shape index (κ2) is 5.59. The van der Waals surface area contributed by atoms with Gasteiger partial charge in [0, 0.05) is 18.2 Å². The van der Waals surface area contributed by atoms with E-state index in [9.17, 15) is 4.39 Å². The highest BCUT2D eigenvalue weighted by atomic mass is 19.1. The van der Waals surface area contributed by atoms with Crippen molar-refractivity contribution in [1.82, 2.24) is 5.32 Å². The Morgan fingerprint density at radius 3 is 2.32 bits per heavy atom. The maximum absolute atomic E-state index is 13.8. The summed E-state index contributed by atoms with van der Waals surface area (Å²) in [4.78, 5) is 0. The van der Waals surface area contributed by atoms with Crippen molar-refractivity contribution in [1.29, 1.82) is 0 Å². The van der Waals surface area contributed by atoms with Crippen molar-refractivity contribution < 1.29 is 4.39 Å². The molecule has 0 heterocycles. The molecule has 3 heteroatoms. The summed E-state index contributed by atoms with van der Waals surface area (Å²) in [6.45, 7) is 1.44. The van der Waals surface area contributed by atoms with Crippen LogP contribution in [-0.2, 0) is 0 Å². The monoisotopic (exact) mass is 262 g/mol. The van der Waals surface area contributed by atoms with E-state index in [0.29, 0.717) is 12.1 Å². The van der Waals surface area contributed by atoms with Crippen LogP contribution in [0.2, 0.25) is 0 Å². The molecule has 2 fully saturated rings. The lowest BCUT2D eigenvalue weighted by molar-refractivity contribution is 0.354. The van der Waals surface area contributed by atoms with E-state index in [4.69, 9.17) is 5.73 Å². The summed E-state index contributed by atoms with van der Waals surface area (Å²) < 4.78 is 13.8. The van der Waals surface area contributed by atoms with Crippen molar-refractivity contribution in [3.63, 3.8) is 0 Å². The number of nitrogens with one attached hydrogen (secondary N) is 1. The Balaban J connectivity index is 1.61. The fraction of sp³-hybridized carbons (Fsp3) is 0.625. The molecular weight excluding hydrogens is 239 g/mol. The Morgan fingerprint density at radius 1 is 1.16 bits per heavy atom. The zero-order valence-electron chi connectivity index (χ0n) is 11.3. The molecule has 0 saturated heterocycles. The molecule has 1 atom stereocenters. The summed E-state index contributed by atoms with van der Waals surface area (Å²) in [5.41, 5.74) is 6.52. The zero-order valence-corrected chi connectivity index (χ0v) is 11.3. The lowest BCUT2D eigenvalue weighted by atomic mass is 9.96. The lowest BCUT2D eigenvalue weighted by Gasteiger charge is -2.22. The molecule has 2 aliphatic rings. The van der Waals surface area contributed by atoms with Crippen molar-refractivity contribution in [3.8, 4) is 0 Å². The van der Waals surface area contributed by atoms with Gasteiger partial charge in [-0.1, -0.05) is 18.2 Å². The van der Waals surface area contributed by atoms with Crippen LogP contribution in [0.15, 0.2) is 24.3 Å². The largest absolute Gasteiger partial charge is 0.329 e. The normalized spacial score (nSPS) is 20.8. The van der Waals surface area contributed by atoms with Crippen molar-refractivity contribution in [2.45, 2.75) is 31.7 Å². The van der Waals surface area contributed by atoms with Gasteiger partial charge in [0.1, 0.15) is 5.82 Å². The summed E-state index contributed by atoms with van der Waals surface area (Å²) in [6.07, 6.45) is 5.54. The van der Waals surface area contributed by atoms with Crippen LogP contribution in [0.3, 0.4) is 0 Å². The van der Waals surface area contributed by atoms with Gasteiger partial charge in [-0.2, -0.15) is 0 Å². The molecule has 3 rings (SSSR count). The van der Waals surface area contributed by atoms with Crippen LogP contribution in [0, 0.1) is 23.6 Å². The minimum atomic E-state index is -0.153. The van der Waals surface area contributed by atoms with Crippen molar-refractivity contribution >= 4 is 0 Å². The average molecular weight is 262 g/mol. The first-order valence-corrected chi connectivity index (χ1v) is 7.47. The zero-order chi connectivity index (χ0) is 13.2. The van der Waals surface area contributed by atoms with Crippen LogP contribution in [0.5, 0.6) is 0 Å². The average Bonchev–Trinajstić information content (AvgIpc) is 3.28. The van der Waals surface area contributed by atoms with Gasteiger partial charge in [-0.15, -0.1) is 0 Å². The molecule has 104 valence electrons. The van der Waals surface area contributed by atoms with Gasteiger partial charge in [0.25, 0.3) is 0 Å². The smallest absolute Gasteiger partial charge is 0.128 e. The van der Waals surface area contributed by atoms with E-state index >= 15 is 0 Å². The third kappa shape index (κ3) is 3.15. The Kier molecular flexibility index (Phi) is 3.85. The number of nitrogens with two attached hydrogens (primary N) is 1. The van der Waals surface area contributed by atoms with Gasteiger partial charge >= 0.3 is 0 Å². The molecule has 0 aliphatic heterocycles. The van der Waals surface area contributed by atoms with E-state index in [2.05, 4.69) is 5.32 Å². The SMILES string of the molecule is NCC(NCC(C1CC1)C1CC1)c1ccccc1F. The highest BCUT2D eigenvalue weighted by molar-refractivity contribution is 5.21. The third-order valence-corrected chi connectivity index (χ3v) is 4.57. The maximum Gasteiger partial charge on any atom is 0.128 e. The Bertz CT molecular complexity index is 415. The van der Waals surface area contributed by atoms with Crippen LogP contribution in [0.1, 0.15) is 37.3 Å². The predicted molar refractivity (Wildman–Crippen MR) is 75.1 cm³/mol. The molecule has 1 aromatic carbocycles. The van der Waals surface area contributed by atoms with E-state index in [1.165, 1.54) is 31.7 Å². The third-order valence-electron chi connectivity index (χ3n) is 4.57. The Labute approximate surface area is 114 Å². The lowest BCUT2D eigenvalue weighted by Crippen LogP contribution is -2.34. The standard InChI is InChI=1S/C16H23FN2/c17-15-4-2-1-3-13(15)16(9-18)19-10-14(11-5-6-11)12-7-8-12/h1-4,11-12,14,16,19H,5-10,18H2. The Hall–Kier alpha value is -0.930. The summed E-state index contributed by atoms with van der Waals surface area (Å²) in [5, 5.41) is 3.50. The first-order valence-electron chi connectivity index (χ1n) is 7.47. The quantitative estimate of drug-likeness (QED) is 0.793. The second-order valence-electron chi connectivity index (χ2n) is 6.06.